The Morgan fingerprint density at radius 2 is 1.09 bits per heavy atom. The first kappa shape index (κ1) is 50.0. The fourth-order valence-electron chi connectivity index (χ4n) is 5.75. The van der Waals surface area contributed by atoms with Crippen LogP contribution in [0.3, 0.4) is 0 Å². The van der Waals surface area contributed by atoms with Crippen LogP contribution < -0.4 is 5.11 Å². The third-order valence-corrected chi connectivity index (χ3v) is 8.96. The molecule has 2 atom stereocenters. The molecule has 0 rings (SSSR count). The molecule has 0 amide bonds. The van der Waals surface area contributed by atoms with Crippen molar-refractivity contribution < 1.29 is 38.2 Å². The van der Waals surface area contributed by atoms with E-state index in [9.17, 15) is 19.5 Å². The van der Waals surface area contributed by atoms with Gasteiger partial charge in [0.05, 0.1) is 40.3 Å². The highest BCUT2D eigenvalue weighted by Gasteiger charge is 2.25. The first-order valence-corrected chi connectivity index (χ1v) is 20.8. The Labute approximate surface area is 324 Å². The average molecular weight is 744 g/mol. The summed E-state index contributed by atoms with van der Waals surface area (Å²) in [5.41, 5.74) is 0. The highest BCUT2D eigenvalue weighted by molar-refractivity contribution is 5.70. The van der Waals surface area contributed by atoms with Crippen molar-refractivity contribution in [2.45, 2.75) is 167 Å². The molecule has 0 saturated carbocycles. The number of esters is 2. The van der Waals surface area contributed by atoms with Crippen LogP contribution >= 0.6 is 0 Å². The summed E-state index contributed by atoms with van der Waals surface area (Å²) in [5.74, 6) is -1.77. The van der Waals surface area contributed by atoms with Crippen molar-refractivity contribution in [1.29, 1.82) is 0 Å². The largest absolute Gasteiger partial charge is 0.544 e. The molecule has 0 aromatic carbocycles. The Morgan fingerprint density at radius 1 is 0.585 bits per heavy atom. The van der Waals surface area contributed by atoms with E-state index in [0.717, 1.165) is 77.0 Å². The molecule has 0 radical (unpaired) electrons. The molecule has 2 unspecified atom stereocenters. The van der Waals surface area contributed by atoms with Crippen molar-refractivity contribution in [2.24, 2.45) is 0 Å². The van der Waals surface area contributed by atoms with E-state index in [1.807, 2.05) is 0 Å². The molecule has 0 aliphatic heterocycles. The van der Waals surface area contributed by atoms with Crippen molar-refractivity contribution in [3.05, 3.63) is 60.8 Å². The molecule has 8 heteroatoms. The number of hydrogen-bond acceptors (Lipinski definition) is 7. The van der Waals surface area contributed by atoms with Gasteiger partial charge < -0.3 is 28.6 Å². The number of allylic oxidation sites excluding steroid dienone is 10. The lowest BCUT2D eigenvalue weighted by atomic mass is 10.1. The highest BCUT2D eigenvalue weighted by Crippen LogP contribution is 2.13. The second-order valence-corrected chi connectivity index (χ2v) is 14.9. The van der Waals surface area contributed by atoms with Crippen molar-refractivity contribution in [2.75, 3.05) is 41.0 Å². The fraction of sp³-hybridized carbons (Fsp3) is 0.711. The zero-order valence-corrected chi connectivity index (χ0v) is 34.4. The number of hydrogen-bond donors (Lipinski definition) is 0. The summed E-state index contributed by atoms with van der Waals surface area (Å²) >= 11 is 0. The van der Waals surface area contributed by atoms with E-state index in [4.69, 9.17) is 14.2 Å². The number of likely N-dealkylation sites (N-methyl/N-ethyl adjacent to an activating group) is 1. The monoisotopic (exact) mass is 744 g/mol. The second kappa shape index (κ2) is 36.0. The van der Waals surface area contributed by atoms with E-state index in [1.165, 1.54) is 44.9 Å². The smallest absolute Gasteiger partial charge is 0.306 e. The zero-order valence-electron chi connectivity index (χ0n) is 34.4. The van der Waals surface area contributed by atoms with Crippen LogP contribution in [0.15, 0.2) is 60.8 Å². The second-order valence-electron chi connectivity index (χ2n) is 14.9. The number of nitrogens with zero attached hydrogens (tertiary/aromatic N) is 1. The van der Waals surface area contributed by atoms with E-state index in [0.29, 0.717) is 12.8 Å². The molecule has 0 saturated heterocycles. The van der Waals surface area contributed by atoms with Gasteiger partial charge in [-0.05, 0) is 57.8 Å². The molecule has 8 nitrogen and oxygen atoms in total. The quantitative estimate of drug-likeness (QED) is 0.0207. The molecule has 0 aliphatic rings. The van der Waals surface area contributed by atoms with Gasteiger partial charge >= 0.3 is 11.9 Å². The Hall–Kier alpha value is -2.97. The summed E-state index contributed by atoms with van der Waals surface area (Å²) in [4.78, 5) is 36.8. The van der Waals surface area contributed by atoms with Crippen molar-refractivity contribution in [3.8, 4) is 0 Å². The Morgan fingerprint density at radius 3 is 1.66 bits per heavy atom. The standard InChI is InChI=1S/C45H77NO7/c1-6-8-10-12-14-16-18-20-22-24-25-27-29-31-33-35-43(47)52-40-41(39-51-38-37-42(45(49)50)46(3,4)5)53-44(48)36-34-32-30-28-26-23-21-19-17-15-13-11-9-7-2/h8-12,14-18,41-42H,6-7,13,19-40H2,1-5H3/b10-8+,11-9+,14-12+,17-15+,18-16+. The van der Waals surface area contributed by atoms with Crippen LogP contribution in [0.1, 0.15) is 155 Å². The molecule has 0 aromatic heterocycles. The predicted molar refractivity (Wildman–Crippen MR) is 217 cm³/mol. The van der Waals surface area contributed by atoms with Gasteiger partial charge in [0.25, 0.3) is 0 Å². The summed E-state index contributed by atoms with van der Waals surface area (Å²) in [5, 5.41) is 11.6. The van der Waals surface area contributed by atoms with Crippen LogP contribution in [-0.4, -0.2) is 75.5 Å². The van der Waals surface area contributed by atoms with Gasteiger partial charge in [-0.1, -0.05) is 139 Å². The predicted octanol–water partition coefficient (Wildman–Crippen LogP) is 9.69. The van der Waals surface area contributed by atoms with Crippen LogP contribution in [0.2, 0.25) is 0 Å². The molecule has 0 fully saturated rings. The minimum atomic E-state index is -1.13. The maximum atomic E-state index is 12.7. The van der Waals surface area contributed by atoms with Gasteiger partial charge in [0, 0.05) is 19.3 Å². The van der Waals surface area contributed by atoms with E-state index in [-0.39, 0.29) is 42.7 Å². The number of carboxylic acid groups (broad SMARTS) is 1. The number of unbranched alkanes of at least 4 members (excludes halogenated alkanes) is 14. The fourth-order valence-corrected chi connectivity index (χ4v) is 5.75. The maximum absolute atomic E-state index is 12.7. The highest BCUT2D eigenvalue weighted by atomic mass is 16.6. The summed E-state index contributed by atoms with van der Waals surface area (Å²) in [6.07, 6.45) is 42.4. The maximum Gasteiger partial charge on any atom is 0.306 e. The number of aliphatic carboxylic acids is 1. The number of ether oxygens (including phenoxy) is 3. The van der Waals surface area contributed by atoms with Gasteiger partial charge in [0.1, 0.15) is 12.6 Å². The Bertz CT molecular complexity index is 1050. The van der Waals surface area contributed by atoms with Crippen molar-refractivity contribution in [3.63, 3.8) is 0 Å². The molecule has 0 aliphatic carbocycles. The first-order chi connectivity index (χ1) is 25.6. The number of carbonyl (C=O) groups is 3. The molecule has 0 spiro atoms. The van der Waals surface area contributed by atoms with Crippen LogP contribution in [0.5, 0.6) is 0 Å². The molecule has 0 N–H and O–H groups in total. The van der Waals surface area contributed by atoms with E-state index in [1.54, 1.807) is 21.1 Å². The number of quaternary nitrogens is 1. The summed E-state index contributed by atoms with van der Waals surface area (Å²) < 4.78 is 17.1. The average Bonchev–Trinajstić information content (AvgIpc) is 3.11. The molecule has 0 aromatic rings. The third kappa shape index (κ3) is 34.5. The summed E-state index contributed by atoms with van der Waals surface area (Å²) in [7, 11) is 5.39. The van der Waals surface area contributed by atoms with Gasteiger partial charge in [-0.25, -0.2) is 0 Å². The van der Waals surface area contributed by atoms with Crippen LogP contribution in [-0.2, 0) is 28.6 Å². The molecule has 304 valence electrons. The van der Waals surface area contributed by atoms with Crippen molar-refractivity contribution >= 4 is 17.9 Å². The molecular formula is C45H77NO7. The van der Waals surface area contributed by atoms with E-state index < -0.39 is 18.1 Å². The SMILES string of the molecule is CC/C=C/C=C/C=C/CCCCCCCCCC(=O)OCC(COCCC(C(=O)[O-])[N+](C)(C)C)OC(=O)CCCCCCCCC/C=C/C/C=C/CC. The number of carboxylic acids is 1. The van der Waals surface area contributed by atoms with Crippen LogP contribution in [0.25, 0.3) is 0 Å². The first-order valence-electron chi connectivity index (χ1n) is 20.8. The summed E-state index contributed by atoms with van der Waals surface area (Å²) in [6, 6.07) is -0.730. The lowest BCUT2D eigenvalue weighted by Gasteiger charge is -2.34. The van der Waals surface area contributed by atoms with E-state index in [2.05, 4.69) is 74.6 Å². The Kier molecular flexibility index (Phi) is 34.0. The van der Waals surface area contributed by atoms with Crippen LogP contribution in [0.4, 0.5) is 0 Å². The number of rotatable bonds is 36. The van der Waals surface area contributed by atoms with Gasteiger partial charge in [0.2, 0.25) is 0 Å². The number of carbonyl (C=O) groups excluding carboxylic acids is 3. The third-order valence-electron chi connectivity index (χ3n) is 8.96. The topological polar surface area (TPSA) is 102 Å². The minimum absolute atomic E-state index is 0.0311. The molecule has 0 bridgehead atoms. The molecule has 0 heterocycles. The van der Waals surface area contributed by atoms with Gasteiger partial charge in [-0.15, -0.1) is 0 Å². The lowest BCUT2D eigenvalue weighted by molar-refractivity contribution is -0.889. The normalized spacial score (nSPS) is 13.6. The zero-order chi connectivity index (χ0) is 39.3. The lowest BCUT2D eigenvalue weighted by Crippen LogP contribution is -2.55. The minimum Gasteiger partial charge on any atom is -0.544 e. The van der Waals surface area contributed by atoms with Gasteiger partial charge in [0.15, 0.2) is 6.10 Å². The van der Waals surface area contributed by atoms with Gasteiger partial charge in [-0.3, -0.25) is 9.59 Å². The Balaban J connectivity index is 4.40. The van der Waals surface area contributed by atoms with Crippen LogP contribution in [0, 0.1) is 0 Å². The molecular weight excluding hydrogens is 666 g/mol. The van der Waals surface area contributed by atoms with E-state index >= 15 is 0 Å². The summed E-state index contributed by atoms with van der Waals surface area (Å²) in [6.45, 7) is 4.39. The molecule has 53 heavy (non-hydrogen) atoms. The van der Waals surface area contributed by atoms with Gasteiger partial charge in [-0.2, -0.15) is 0 Å². The van der Waals surface area contributed by atoms with Crippen molar-refractivity contribution in [1.82, 2.24) is 0 Å².